The first-order valence-corrected chi connectivity index (χ1v) is 16.8. The van der Waals surface area contributed by atoms with Crippen molar-refractivity contribution in [1.29, 1.82) is 5.26 Å². The van der Waals surface area contributed by atoms with Crippen LogP contribution in [0, 0.1) is 23.0 Å². The summed E-state index contributed by atoms with van der Waals surface area (Å²) in [7, 11) is 1.37. The highest BCUT2D eigenvalue weighted by Crippen LogP contribution is 2.47. The maximum atomic E-state index is 16.9. The van der Waals surface area contributed by atoms with E-state index in [0.29, 0.717) is 24.3 Å². The molecule has 11 nitrogen and oxygen atoms in total. The average Bonchev–Trinajstić information content (AvgIpc) is 3.50. The molecule has 2 aliphatic heterocycles. The molecule has 2 amide bonds. The van der Waals surface area contributed by atoms with Crippen LogP contribution >= 0.6 is 22.9 Å². The van der Waals surface area contributed by atoms with Gasteiger partial charge in [0.1, 0.15) is 39.4 Å². The number of halogens is 3. The maximum Gasteiger partial charge on any atom is 0.412 e. The molecule has 0 radical (unpaired) electrons. The van der Waals surface area contributed by atoms with Crippen molar-refractivity contribution in [3.63, 3.8) is 0 Å². The fourth-order valence-electron chi connectivity index (χ4n) is 6.40. The van der Waals surface area contributed by atoms with Gasteiger partial charge in [0.15, 0.2) is 5.82 Å². The maximum absolute atomic E-state index is 16.9. The normalized spacial score (nSPS) is 17.7. The number of rotatable bonds is 4. The van der Waals surface area contributed by atoms with Gasteiger partial charge < -0.3 is 19.1 Å². The van der Waals surface area contributed by atoms with E-state index in [-0.39, 0.29) is 66.5 Å². The second kappa shape index (κ2) is 12.4. The second-order valence-corrected chi connectivity index (χ2v) is 15.4. The Morgan fingerprint density at radius 3 is 2.31 bits per heavy atom. The zero-order valence-corrected chi connectivity index (χ0v) is 29.6. The molecule has 4 aromatic rings. The van der Waals surface area contributed by atoms with Gasteiger partial charge in [-0.15, -0.1) is 11.3 Å². The number of nitriles is 1. The molecule has 4 heterocycles. The highest BCUT2D eigenvalue weighted by Gasteiger charge is 2.45. The van der Waals surface area contributed by atoms with Crippen LogP contribution in [0.4, 0.5) is 29.2 Å². The molecule has 2 aliphatic rings. The van der Waals surface area contributed by atoms with Crippen LogP contribution in [0.25, 0.3) is 32.1 Å². The number of anilines is 2. The summed E-state index contributed by atoms with van der Waals surface area (Å²) in [6, 6.07) is 5.67. The van der Waals surface area contributed by atoms with Gasteiger partial charge in [-0.3, -0.25) is 10.2 Å². The molecule has 1 N–H and O–H groups in total. The van der Waals surface area contributed by atoms with E-state index in [4.69, 9.17) is 25.8 Å². The summed E-state index contributed by atoms with van der Waals surface area (Å²) in [6.07, 6.45) is 0.341. The predicted octanol–water partition coefficient (Wildman–Crippen LogP) is 8.26. The van der Waals surface area contributed by atoms with Gasteiger partial charge in [-0.1, -0.05) is 17.7 Å². The number of benzene rings is 2. The van der Waals surface area contributed by atoms with Crippen LogP contribution < -0.4 is 15.0 Å². The largest absolute Gasteiger partial charge is 0.467 e. The molecule has 15 heteroatoms. The van der Waals surface area contributed by atoms with E-state index in [2.05, 4.69) is 15.3 Å². The molecule has 2 bridgehead atoms. The molecule has 2 unspecified atom stereocenters. The summed E-state index contributed by atoms with van der Waals surface area (Å²) in [5, 5.41) is 13.1. The lowest BCUT2D eigenvalue weighted by Gasteiger charge is -2.42. The van der Waals surface area contributed by atoms with E-state index >= 15 is 8.78 Å². The van der Waals surface area contributed by atoms with Crippen molar-refractivity contribution in [1.82, 2.24) is 14.9 Å². The summed E-state index contributed by atoms with van der Waals surface area (Å²) in [6.45, 7) is 11.4. The van der Waals surface area contributed by atoms with Crippen LogP contribution in [0.1, 0.15) is 59.9 Å². The Labute approximate surface area is 290 Å². The minimum absolute atomic E-state index is 0.0231. The van der Waals surface area contributed by atoms with Gasteiger partial charge in [-0.2, -0.15) is 15.2 Å². The Balaban J connectivity index is 1.45. The smallest absolute Gasteiger partial charge is 0.412 e. The highest BCUT2D eigenvalue weighted by molar-refractivity contribution is 7.23. The van der Waals surface area contributed by atoms with Gasteiger partial charge in [0.2, 0.25) is 0 Å². The van der Waals surface area contributed by atoms with E-state index in [0.717, 1.165) is 30.2 Å². The second-order valence-electron chi connectivity index (χ2n) is 14.0. The molecule has 2 atom stereocenters. The summed E-state index contributed by atoms with van der Waals surface area (Å²) >= 11 is 7.67. The van der Waals surface area contributed by atoms with E-state index in [1.54, 1.807) is 31.7 Å². The quantitative estimate of drug-likeness (QED) is 0.222. The number of nitrogens with zero attached hydrogens (tertiary/aromatic N) is 5. The third-order valence-electron chi connectivity index (χ3n) is 8.20. The average molecular weight is 713 g/mol. The van der Waals surface area contributed by atoms with Crippen LogP contribution in [0.15, 0.2) is 18.2 Å². The summed E-state index contributed by atoms with van der Waals surface area (Å²) in [5.74, 6) is -1.11. The van der Waals surface area contributed by atoms with Crippen LogP contribution in [0.2, 0.25) is 5.02 Å². The van der Waals surface area contributed by atoms with Gasteiger partial charge >= 0.3 is 18.2 Å². The van der Waals surface area contributed by atoms with Gasteiger partial charge in [-0.05, 0) is 72.1 Å². The summed E-state index contributed by atoms with van der Waals surface area (Å²) in [5.41, 5.74) is -1.61. The number of fused-ring (bicyclic) bond motifs is 4. The first-order chi connectivity index (χ1) is 23.0. The monoisotopic (exact) mass is 712 g/mol. The molecule has 49 heavy (non-hydrogen) atoms. The lowest BCUT2D eigenvalue weighted by molar-refractivity contribution is 0.0122. The molecule has 2 saturated heterocycles. The van der Waals surface area contributed by atoms with Crippen molar-refractivity contribution in [3.8, 4) is 23.2 Å². The molecule has 0 aliphatic carbocycles. The topological polar surface area (TPSA) is 130 Å². The van der Waals surface area contributed by atoms with E-state index < -0.39 is 28.9 Å². The van der Waals surface area contributed by atoms with Crippen molar-refractivity contribution >= 4 is 66.9 Å². The van der Waals surface area contributed by atoms with Gasteiger partial charge in [0.25, 0.3) is 0 Å². The highest BCUT2D eigenvalue weighted by atomic mass is 35.5. The standard InChI is InChI=1S/C34H35ClF2N6O5S/c1-33(2,3)47-31(44)41-29-20(13-38)23-18(10-11-22(36)27(23)49-29)24-21(35)12-19-26(25(24)37)39-30(46-7)40-28(19)42-14-16-8-9-17(15-42)43(16)32(45)48-34(4,5)6/h10-12,16-17H,8-9,14-15H2,1-7H3,(H,41,44). The number of thiophene rings is 1. The number of methoxy groups -OCH3 is 1. The van der Waals surface area contributed by atoms with Crippen LogP contribution in [-0.4, -0.2) is 70.5 Å². The minimum atomic E-state index is -0.830. The number of carbonyl (C=O) groups excluding carboxylic acids is 2. The Bertz CT molecular complexity index is 2040. The first kappa shape index (κ1) is 34.4. The molecule has 2 aromatic heterocycles. The lowest BCUT2D eigenvalue weighted by Crippen LogP contribution is -2.57. The van der Waals surface area contributed by atoms with Crippen molar-refractivity contribution in [3.05, 3.63) is 40.4 Å². The Hall–Kier alpha value is -4.48. The third kappa shape index (κ3) is 6.49. The molecular formula is C34H35ClF2N6O5S. The van der Waals surface area contributed by atoms with Crippen LogP contribution in [0.3, 0.4) is 0 Å². The number of ether oxygens (including phenoxy) is 3. The van der Waals surface area contributed by atoms with E-state index in [1.807, 2.05) is 31.7 Å². The van der Waals surface area contributed by atoms with Gasteiger partial charge in [0, 0.05) is 29.4 Å². The van der Waals surface area contributed by atoms with Crippen molar-refractivity contribution in [2.24, 2.45) is 0 Å². The minimum Gasteiger partial charge on any atom is -0.467 e. The van der Waals surface area contributed by atoms with E-state index in [9.17, 15) is 14.9 Å². The zero-order valence-electron chi connectivity index (χ0n) is 28.0. The number of hydrogen-bond donors (Lipinski definition) is 1. The van der Waals surface area contributed by atoms with Crippen LogP contribution in [0.5, 0.6) is 6.01 Å². The molecule has 258 valence electrons. The van der Waals surface area contributed by atoms with Crippen molar-refractivity contribution < 1.29 is 32.6 Å². The number of piperazine rings is 1. The number of nitrogens with one attached hydrogen (secondary N) is 1. The zero-order chi connectivity index (χ0) is 35.6. The number of amides is 2. The van der Waals surface area contributed by atoms with Crippen molar-refractivity contribution in [2.45, 2.75) is 77.7 Å². The molecule has 0 spiro atoms. The summed E-state index contributed by atoms with van der Waals surface area (Å²) < 4.78 is 48.5. The fraction of sp³-hybridized carbons (Fsp3) is 0.441. The third-order valence-corrected chi connectivity index (χ3v) is 9.61. The summed E-state index contributed by atoms with van der Waals surface area (Å²) in [4.78, 5) is 38.3. The van der Waals surface area contributed by atoms with Gasteiger partial charge in [-0.25, -0.2) is 18.4 Å². The molecule has 2 aromatic carbocycles. The SMILES string of the molecule is COc1nc(N2CC3CCC(C2)N3C(=O)OC(C)(C)C)c2cc(Cl)c(-c3ccc(F)c4sc(NC(=O)OC(C)(C)C)c(C#N)c34)c(F)c2n1. The Morgan fingerprint density at radius 1 is 1.06 bits per heavy atom. The number of carbonyl (C=O) groups is 2. The lowest BCUT2D eigenvalue weighted by atomic mass is 9.97. The molecule has 0 saturated carbocycles. The number of hydrogen-bond acceptors (Lipinski definition) is 10. The molecule has 2 fully saturated rings. The predicted molar refractivity (Wildman–Crippen MR) is 184 cm³/mol. The fourth-order valence-corrected chi connectivity index (χ4v) is 7.76. The molecule has 6 rings (SSSR count). The Kier molecular flexibility index (Phi) is 8.73. The number of aromatic nitrogens is 2. The van der Waals surface area contributed by atoms with E-state index in [1.165, 1.54) is 13.2 Å². The van der Waals surface area contributed by atoms with Crippen LogP contribution in [-0.2, 0) is 9.47 Å². The molecular weight excluding hydrogens is 678 g/mol. The van der Waals surface area contributed by atoms with Crippen molar-refractivity contribution in [2.75, 3.05) is 30.4 Å². The Morgan fingerprint density at radius 2 is 1.71 bits per heavy atom. The van der Waals surface area contributed by atoms with Gasteiger partial charge in [0.05, 0.1) is 34.5 Å². The first-order valence-electron chi connectivity index (χ1n) is 15.6.